The second-order valence-corrected chi connectivity index (χ2v) is 5.87. The molecule has 4 nitrogen and oxygen atoms in total. The molecular formula is C16H26N2O2. The van der Waals surface area contributed by atoms with E-state index in [9.17, 15) is 0 Å². The fourth-order valence-corrected chi connectivity index (χ4v) is 2.56. The smallest absolute Gasteiger partial charge is 0.123 e. The topological polar surface area (TPSA) is 47.7 Å². The van der Waals surface area contributed by atoms with Crippen molar-refractivity contribution in [1.29, 1.82) is 0 Å². The van der Waals surface area contributed by atoms with Crippen LogP contribution in [0.5, 0.6) is 5.75 Å². The summed E-state index contributed by atoms with van der Waals surface area (Å²) in [5.74, 6) is 0.913. The molecule has 0 unspecified atom stereocenters. The minimum atomic E-state index is 0.132. The Labute approximate surface area is 121 Å². The van der Waals surface area contributed by atoms with Crippen molar-refractivity contribution in [3.8, 4) is 5.75 Å². The maximum absolute atomic E-state index is 5.85. The summed E-state index contributed by atoms with van der Waals surface area (Å²) in [7, 11) is 0. The number of nitrogens with zero attached hydrogens (tertiary/aromatic N) is 1. The van der Waals surface area contributed by atoms with E-state index >= 15 is 0 Å². The Morgan fingerprint density at radius 1 is 1.35 bits per heavy atom. The summed E-state index contributed by atoms with van der Waals surface area (Å²) in [6.45, 7) is 9.41. The van der Waals surface area contributed by atoms with Gasteiger partial charge in [-0.3, -0.25) is 4.90 Å². The molecule has 1 aromatic rings. The molecule has 1 aliphatic heterocycles. The van der Waals surface area contributed by atoms with Gasteiger partial charge in [0.25, 0.3) is 0 Å². The zero-order valence-corrected chi connectivity index (χ0v) is 12.6. The van der Waals surface area contributed by atoms with Crippen molar-refractivity contribution < 1.29 is 9.47 Å². The quantitative estimate of drug-likeness (QED) is 0.809. The first-order valence-corrected chi connectivity index (χ1v) is 7.37. The molecule has 0 spiro atoms. The van der Waals surface area contributed by atoms with Crippen molar-refractivity contribution in [3.63, 3.8) is 0 Å². The van der Waals surface area contributed by atoms with E-state index in [0.29, 0.717) is 6.54 Å². The van der Waals surface area contributed by atoms with Crippen LogP contribution < -0.4 is 10.5 Å². The number of morpholine rings is 1. The molecule has 1 aromatic carbocycles. The van der Waals surface area contributed by atoms with Crippen LogP contribution in [0.4, 0.5) is 0 Å². The molecule has 20 heavy (non-hydrogen) atoms. The van der Waals surface area contributed by atoms with Crippen LogP contribution in [0.2, 0.25) is 0 Å². The third-order valence-electron chi connectivity index (χ3n) is 3.84. The Kier molecular flexibility index (Phi) is 5.40. The van der Waals surface area contributed by atoms with E-state index < -0.39 is 0 Å². The summed E-state index contributed by atoms with van der Waals surface area (Å²) in [6.07, 6.45) is 1.02. The lowest BCUT2D eigenvalue weighted by atomic mass is 10.0. The van der Waals surface area contributed by atoms with Gasteiger partial charge in [-0.2, -0.15) is 0 Å². The van der Waals surface area contributed by atoms with Crippen molar-refractivity contribution >= 4 is 0 Å². The zero-order chi connectivity index (χ0) is 14.4. The monoisotopic (exact) mass is 278 g/mol. The van der Waals surface area contributed by atoms with Crippen LogP contribution in [0.25, 0.3) is 0 Å². The minimum absolute atomic E-state index is 0.132. The Morgan fingerprint density at radius 3 is 2.90 bits per heavy atom. The van der Waals surface area contributed by atoms with Crippen LogP contribution in [0.15, 0.2) is 24.3 Å². The predicted molar refractivity (Wildman–Crippen MR) is 80.9 cm³/mol. The average Bonchev–Trinajstić information content (AvgIpc) is 2.45. The van der Waals surface area contributed by atoms with Gasteiger partial charge in [0.1, 0.15) is 5.75 Å². The third kappa shape index (κ3) is 3.95. The van der Waals surface area contributed by atoms with Gasteiger partial charge < -0.3 is 15.2 Å². The molecular weight excluding hydrogens is 252 g/mol. The van der Waals surface area contributed by atoms with E-state index in [1.54, 1.807) is 0 Å². The second kappa shape index (κ2) is 7.07. The van der Waals surface area contributed by atoms with Gasteiger partial charge in [-0.1, -0.05) is 18.2 Å². The van der Waals surface area contributed by atoms with E-state index in [-0.39, 0.29) is 5.54 Å². The lowest BCUT2D eigenvalue weighted by Gasteiger charge is -2.42. The summed E-state index contributed by atoms with van der Waals surface area (Å²) >= 11 is 0. The zero-order valence-electron chi connectivity index (χ0n) is 12.6. The third-order valence-corrected chi connectivity index (χ3v) is 3.84. The highest BCUT2D eigenvalue weighted by Crippen LogP contribution is 2.20. The maximum Gasteiger partial charge on any atom is 0.123 e. The van der Waals surface area contributed by atoms with Crippen molar-refractivity contribution in [3.05, 3.63) is 29.8 Å². The number of ether oxygens (including phenoxy) is 2. The molecule has 1 aliphatic rings. The Morgan fingerprint density at radius 2 is 2.15 bits per heavy atom. The molecule has 112 valence electrons. The molecule has 2 N–H and O–H groups in total. The van der Waals surface area contributed by atoms with Crippen LogP contribution >= 0.6 is 0 Å². The van der Waals surface area contributed by atoms with Crippen molar-refractivity contribution in [2.24, 2.45) is 5.73 Å². The van der Waals surface area contributed by atoms with E-state index in [0.717, 1.165) is 50.6 Å². The van der Waals surface area contributed by atoms with Gasteiger partial charge in [0.15, 0.2) is 0 Å². The van der Waals surface area contributed by atoms with Crippen LogP contribution in [-0.4, -0.2) is 43.3 Å². The second-order valence-electron chi connectivity index (χ2n) is 5.87. The SMILES string of the molecule is CC1(C)COCCN1CCCOc1ccccc1CN. The molecule has 1 fully saturated rings. The highest BCUT2D eigenvalue weighted by atomic mass is 16.5. The molecule has 2 rings (SSSR count). The molecule has 1 heterocycles. The van der Waals surface area contributed by atoms with E-state index in [4.69, 9.17) is 15.2 Å². The van der Waals surface area contributed by atoms with Gasteiger partial charge in [0.05, 0.1) is 19.8 Å². The predicted octanol–water partition coefficient (Wildman–Crippen LogP) is 2.03. The number of hydrogen-bond donors (Lipinski definition) is 1. The highest BCUT2D eigenvalue weighted by Gasteiger charge is 2.29. The van der Waals surface area contributed by atoms with Crippen molar-refractivity contribution in [2.45, 2.75) is 32.4 Å². The summed E-state index contributed by atoms with van der Waals surface area (Å²) in [5, 5.41) is 0. The highest BCUT2D eigenvalue weighted by molar-refractivity contribution is 5.32. The summed E-state index contributed by atoms with van der Waals surface area (Å²) in [5.41, 5.74) is 6.91. The summed E-state index contributed by atoms with van der Waals surface area (Å²) < 4.78 is 11.4. The molecule has 0 bridgehead atoms. The Hall–Kier alpha value is -1.10. The molecule has 0 saturated carbocycles. The number of hydrogen-bond acceptors (Lipinski definition) is 4. The molecule has 0 atom stereocenters. The van der Waals surface area contributed by atoms with E-state index in [1.165, 1.54) is 0 Å². The minimum Gasteiger partial charge on any atom is -0.493 e. The largest absolute Gasteiger partial charge is 0.493 e. The lowest BCUT2D eigenvalue weighted by molar-refractivity contribution is -0.0521. The van der Waals surface area contributed by atoms with Crippen molar-refractivity contribution in [1.82, 2.24) is 4.90 Å². The van der Waals surface area contributed by atoms with Gasteiger partial charge in [-0.25, -0.2) is 0 Å². The van der Waals surface area contributed by atoms with Crippen LogP contribution in [0.3, 0.4) is 0 Å². The van der Waals surface area contributed by atoms with E-state index in [2.05, 4.69) is 18.7 Å². The molecule has 0 amide bonds. The van der Waals surface area contributed by atoms with Gasteiger partial charge in [0, 0.05) is 30.7 Å². The molecule has 4 heteroatoms. The first-order valence-electron chi connectivity index (χ1n) is 7.37. The molecule has 0 aliphatic carbocycles. The lowest BCUT2D eigenvalue weighted by Crippen LogP contribution is -2.53. The average molecular weight is 278 g/mol. The first kappa shape index (κ1) is 15.3. The fraction of sp³-hybridized carbons (Fsp3) is 0.625. The van der Waals surface area contributed by atoms with Crippen molar-refractivity contribution in [2.75, 3.05) is 32.9 Å². The number of benzene rings is 1. The fourth-order valence-electron chi connectivity index (χ4n) is 2.56. The number of nitrogens with two attached hydrogens (primary N) is 1. The van der Waals surface area contributed by atoms with Gasteiger partial charge in [-0.05, 0) is 26.3 Å². The molecule has 0 radical (unpaired) electrons. The summed E-state index contributed by atoms with van der Waals surface area (Å²) in [6, 6.07) is 7.98. The standard InChI is InChI=1S/C16H26N2O2/c1-16(2)13-19-11-9-18(16)8-5-10-20-15-7-4-3-6-14(15)12-17/h3-4,6-7H,5,8-13,17H2,1-2H3. The maximum atomic E-state index is 5.85. The molecule has 1 saturated heterocycles. The van der Waals surface area contributed by atoms with Gasteiger partial charge in [-0.15, -0.1) is 0 Å². The normalized spacial score (nSPS) is 18.9. The summed E-state index contributed by atoms with van der Waals surface area (Å²) in [4.78, 5) is 2.48. The Balaban J connectivity index is 1.76. The number of para-hydroxylation sites is 1. The van der Waals surface area contributed by atoms with Crippen LogP contribution in [0, 0.1) is 0 Å². The van der Waals surface area contributed by atoms with Crippen LogP contribution in [0.1, 0.15) is 25.8 Å². The number of rotatable bonds is 6. The van der Waals surface area contributed by atoms with Gasteiger partial charge >= 0.3 is 0 Å². The van der Waals surface area contributed by atoms with Gasteiger partial charge in [0.2, 0.25) is 0 Å². The molecule has 0 aromatic heterocycles. The van der Waals surface area contributed by atoms with Crippen LogP contribution in [-0.2, 0) is 11.3 Å². The Bertz CT molecular complexity index is 421. The van der Waals surface area contributed by atoms with E-state index in [1.807, 2.05) is 24.3 Å². The first-order chi connectivity index (χ1) is 9.63.